The quantitative estimate of drug-likeness (QED) is 0.505. The van der Waals surface area contributed by atoms with E-state index in [0.29, 0.717) is 36.0 Å². The zero-order valence-corrected chi connectivity index (χ0v) is 20.6. The molecule has 4 rings (SSSR count). The van der Waals surface area contributed by atoms with Crippen LogP contribution < -0.4 is 0 Å². The summed E-state index contributed by atoms with van der Waals surface area (Å²) >= 11 is 0. The van der Waals surface area contributed by atoms with Crippen molar-refractivity contribution >= 4 is 0 Å². The highest BCUT2D eigenvalue weighted by Gasteiger charge is 2.67. The lowest BCUT2D eigenvalue weighted by Gasteiger charge is -2.65. The Labute approximate surface area is 189 Å². The smallest absolute Gasteiger partial charge is 0.109 e. The van der Waals surface area contributed by atoms with Crippen molar-refractivity contribution in [1.82, 2.24) is 0 Å². The van der Waals surface area contributed by atoms with Gasteiger partial charge in [0.2, 0.25) is 0 Å². The Balaban J connectivity index is 1.49. The molecular weight excluding hydrogens is 388 g/mol. The van der Waals surface area contributed by atoms with Gasteiger partial charge in [0.15, 0.2) is 0 Å². The zero-order valence-electron chi connectivity index (χ0n) is 20.6. The first-order valence-corrected chi connectivity index (χ1v) is 13.1. The summed E-state index contributed by atoms with van der Waals surface area (Å²) in [6.45, 7) is 11.0. The van der Waals surface area contributed by atoms with E-state index < -0.39 is 23.4 Å². The van der Waals surface area contributed by atoms with Gasteiger partial charge in [0.25, 0.3) is 0 Å². The standard InChI is InChI=1S/C27H48O4/c1-17(7-6-13-24(2,3)30)19-8-9-20-18-10-16-27(31)23(29)22(28)12-15-26(27,5)21(18)11-14-25(19,20)4/h17-23,28-31H,6-16H2,1-5H3/t17-,18+,19-,20+,21+,22+,23+,25-,26-,27+/m1/s1. The van der Waals surface area contributed by atoms with Gasteiger partial charge in [-0.1, -0.05) is 33.6 Å². The van der Waals surface area contributed by atoms with E-state index >= 15 is 0 Å². The van der Waals surface area contributed by atoms with E-state index in [9.17, 15) is 20.4 Å². The van der Waals surface area contributed by atoms with Crippen LogP contribution in [-0.4, -0.2) is 43.8 Å². The molecule has 0 aliphatic heterocycles. The Kier molecular flexibility index (Phi) is 6.16. The number of aliphatic hydroxyl groups excluding tert-OH is 2. The maximum Gasteiger partial charge on any atom is 0.109 e. The van der Waals surface area contributed by atoms with Gasteiger partial charge in [-0.2, -0.15) is 0 Å². The van der Waals surface area contributed by atoms with E-state index in [1.54, 1.807) is 0 Å². The van der Waals surface area contributed by atoms with Gasteiger partial charge in [0, 0.05) is 5.41 Å². The largest absolute Gasteiger partial charge is 0.390 e. The summed E-state index contributed by atoms with van der Waals surface area (Å²) in [7, 11) is 0. The van der Waals surface area contributed by atoms with E-state index in [4.69, 9.17) is 0 Å². The summed E-state index contributed by atoms with van der Waals surface area (Å²) < 4.78 is 0. The molecule has 4 fully saturated rings. The fourth-order valence-electron chi connectivity index (χ4n) is 9.32. The number of aliphatic hydroxyl groups is 4. The van der Waals surface area contributed by atoms with Crippen molar-refractivity contribution in [2.75, 3.05) is 0 Å². The molecule has 0 bridgehead atoms. The van der Waals surface area contributed by atoms with Crippen molar-refractivity contribution < 1.29 is 20.4 Å². The normalized spacial score (nSPS) is 51.0. The first kappa shape index (κ1) is 24.0. The Morgan fingerprint density at radius 3 is 2.32 bits per heavy atom. The maximum atomic E-state index is 11.6. The van der Waals surface area contributed by atoms with E-state index in [2.05, 4.69) is 20.8 Å². The highest BCUT2D eigenvalue weighted by atomic mass is 16.4. The molecule has 0 radical (unpaired) electrons. The van der Waals surface area contributed by atoms with Crippen LogP contribution in [0.1, 0.15) is 105 Å². The van der Waals surface area contributed by atoms with E-state index in [0.717, 1.165) is 43.9 Å². The fourth-order valence-corrected chi connectivity index (χ4v) is 9.32. The Morgan fingerprint density at radius 1 is 0.935 bits per heavy atom. The molecule has 0 aromatic heterocycles. The summed E-state index contributed by atoms with van der Waals surface area (Å²) in [5.41, 5.74) is -1.60. The van der Waals surface area contributed by atoms with Crippen LogP contribution in [0.4, 0.5) is 0 Å². The molecule has 0 unspecified atom stereocenters. The third kappa shape index (κ3) is 3.72. The van der Waals surface area contributed by atoms with Crippen LogP contribution in [0.5, 0.6) is 0 Å². The van der Waals surface area contributed by atoms with Gasteiger partial charge in [0.1, 0.15) is 6.10 Å². The van der Waals surface area contributed by atoms with E-state index in [1.807, 2.05) is 13.8 Å². The van der Waals surface area contributed by atoms with E-state index in [-0.39, 0.29) is 5.41 Å². The van der Waals surface area contributed by atoms with Crippen molar-refractivity contribution in [1.29, 1.82) is 0 Å². The summed E-state index contributed by atoms with van der Waals surface area (Å²) in [5, 5.41) is 42.7. The Hall–Kier alpha value is -0.160. The van der Waals surface area contributed by atoms with Gasteiger partial charge in [-0.05, 0) is 107 Å². The summed E-state index contributed by atoms with van der Waals surface area (Å²) in [6, 6.07) is 0. The second kappa shape index (κ2) is 7.96. The lowest BCUT2D eigenvalue weighted by Crippen LogP contribution is -2.69. The van der Waals surface area contributed by atoms with Gasteiger partial charge in [-0.3, -0.25) is 0 Å². The van der Waals surface area contributed by atoms with Crippen LogP contribution in [0.3, 0.4) is 0 Å². The molecule has 31 heavy (non-hydrogen) atoms. The third-order valence-corrected chi connectivity index (χ3v) is 11.1. The van der Waals surface area contributed by atoms with Crippen molar-refractivity contribution in [3.05, 3.63) is 0 Å². The minimum Gasteiger partial charge on any atom is -0.390 e. The molecule has 0 amide bonds. The molecule has 4 nitrogen and oxygen atoms in total. The number of fused-ring (bicyclic) bond motifs is 5. The summed E-state index contributed by atoms with van der Waals surface area (Å²) in [5.74, 6) is 3.26. The average Bonchev–Trinajstić information content (AvgIpc) is 3.03. The van der Waals surface area contributed by atoms with Crippen molar-refractivity contribution in [2.24, 2.45) is 40.4 Å². The van der Waals surface area contributed by atoms with Gasteiger partial charge in [-0.25, -0.2) is 0 Å². The molecule has 0 saturated heterocycles. The van der Waals surface area contributed by atoms with Crippen molar-refractivity contribution in [3.63, 3.8) is 0 Å². The highest BCUT2D eigenvalue weighted by molar-refractivity contribution is 5.17. The molecule has 0 aromatic rings. The predicted octanol–water partition coefficient (Wildman–Crippen LogP) is 4.67. The van der Waals surface area contributed by atoms with Crippen LogP contribution in [0, 0.1) is 40.4 Å². The third-order valence-electron chi connectivity index (χ3n) is 11.1. The van der Waals surface area contributed by atoms with Crippen molar-refractivity contribution in [3.8, 4) is 0 Å². The molecule has 0 spiro atoms. The maximum absolute atomic E-state index is 11.6. The molecule has 4 N–H and O–H groups in total. The second-order valence-corrected chi connectivity index (χ2v) is 13.2. The molecule has 180 valence electrons. The molecular formula is C27H48O4. The molecule has 4 saturated carbocycles. The molecule has 10 atom stereocenters. The Bertz CT molecular complexity index is 658. The van der Waals surface area contributed by atoms with Crippen LogP contribution in [0.15, 0.2) is 0 Å². The van der Waals surface area contributed by atoms with Gasteiger partial charge in [0.05, 0.1) is 17.3 Å². The minimum atomic E-state index is -1.14. The lowest BCUT2D eigenvalue weighted by molar-refractivity contribution is -0.267. The monoisotopic (exact) mass is 436 g/mol. The van der Waals surface area contributed by atoms with Crippen molar-refractivity contribution in [2.45, 2.75) is 129 Å². The molecule has 0 aromatic carbocycles. The molecule has 4 aliphatic rings. The number of rotatable bonds is 5. The first-order chi connectivity index (χ1) is 14.3. The topological polar surface area (TPSA) is 80.9 Å². The zero-order chi connectivity index (χ0) is 22.8. The summed E-state index contributed by atoms with van der Waals surface area (Å²) in [6.07, 6.45) is 9.41. The fraction of sp³-hybridized carbons (Fsp3) is 1.00. The van der Waals surface area contributed by atoms with E-state index in [1.165, 1.54) is 25.7 Å². The average molecular weight is 437 g/mol. The predicted molar refractivity (Wildman–Crippen MR) is 123 cm³/mol. The molecule has 4 heteroatoms. The van der Waals surface area contributed by atoms with Gasteiger partial charge >= 0.3 is 0 Å². The first-order valence-electron chi connectivity index (χ1n) is 13.1. The van der Waals surface area contributed by atoms with Crippen LogP contribution in [0.2, 0.25) is 0 Å². The van der Waals surface area contributed by atoms with Crippen LogP contribution in [-0.2, 0) is 0 Å². The highest BCUT2D eigenvalue weighted by Crippen LogP contribution is 2.69. The minimum absolute atomic E-state index is 0.285. The summed E-state index contributed by atoms with van der Waals surface area (Å²) in [4.78, 5) is 0. The number of hydrogen-bond acceptors (Lipinski definition) is 4. The van der Waals surface area contributed by atoms with Crippen LogP contribution >= 0.6 is 0 Å². The SMILES string of the molecule is C[C@H](CCCC(C)(C)O)[C@H]1CC[C@H]2[C@@H]3CC[C@]4(O)[C@@H](O)[C@@H](O)CC[C@]4(C)[C@H]3CC[C@]12C. The van der Waals surface area contributed by atoms with Gasteiger partial charge in [-0.15, -0.1) is 0 Å². The van der Waals surface area contributed by atoms with Gasteiger partial charge < -0.3 is 20.4 Å². The number of hydrogen-bond donors (Lipinski definition) is 4. The molecule has 0 heterocycles. The second-order valence-electron chi connectivity index (χ2n) is 13.2. The molecule has 4 aliphatic carbocycles. The van der Waals surface area contributed by atoms with Crippen LogP contribution in [0.25, 0.3) is 0 Å². The Morgan fingerprint density at radius 2 is 1.65 bits per heavy atom. The lowest BCUT2D eigenvalue weighted by atomic mass is 9.42.